The predicted octanol–water partition coefficient (Wildman–Crippen LogP) is 3.96. The summed E-state index contributed by atoms with van der Waals surface area (Å²) in [5, 5.41) is 9.54. The molecule has 0 radical (unpaired) electrons. The highest BCUT2D eigenvalue weighted by atomic mass is 32.2. The first-order valence-electron chi connectivity index (χ1n) is 7.79. The van der Waals surface area contributed by atoms with Crippen LogP contribution in [0.15, 0.2) is 0 Å². The van der Waals surface area contributed by atoms with E-state index in [1.54, 1.807) is 41.5 Å². The molecule has 5 nitrogen and oxygen atoms in total. The topological polar surface area (TPSA) is 66.8 Å². The first-order valence-corrected chi connectivity index (χ1v) is 8.94. The monoisotopic (exact) mass is 351 g/mol. The Morgan fingerprint density at radius 2 is 1.74 bits per heavy atom. The third-order valence-electron chi connectivity index (χ3n) is 2.87. The molecule has 0 aromatic heterocycles. The van der Waals surface area contributed by atoms with E-state index in [0.717, 1.165) is 0 Å². The number of thioether (sulfide) groups is 1. The lowest BCUT2D eigenvalue weighted by Gasteiger charge is -2.40. The summed E-state index contributed by atoms with van der Waals surface area (Å²) in [4.78, 5) is 25.4. The van der Waals surface area contributed by atoms with E-state index in [1.165, 1.54) is 16.7 Å². The van der Waals surface area contributed by atoms with Crippen LogP contribution in [0.25, 0.3) is 0 Å². The molecule has 0 fully saturated rings. The number of carbonyl (C=O) groups is 2. The largest absolute Gasteiger partial charge is 0.480 e. The van der Waals surface area contributed by atoms with E-state index in [-0.39, 0.29) is 6.67 Å². The third-order valence-corrected chi connectivity index (χ3v) is 3.97. The number of ether oxygens (including phenoxy) is 1. The van der Waals surface area contributed by atoms with Crippen LogP contribution in [0.5, 0.6) is 0 Å². The molecular formula is C16H30FNO4S. The molecule has 0 aliphatic carbocycles. The van der Waals surface area contributed by atoms with Crippen molar-refractivity contribution < 1.29 is 23.8 Å². The zero-order chi connectivity index (χ0) is 18.3. The van der Waals surface area contributed by atoms with Crippen LogP contribution in [0.2, 0.25) is 0 Å². The van der Waals surface area contributed by atoms with Gasteiger partial charge in [0.2, 0.25) is 0 Å². The van der Waals surface area contributed by atoms with Crippen molar-refractivity contribution in [1.82, 2.24) is 4.90 Å². The van der Waals surface area contributed by atoms with Gasteiger partial charge in [-0.25, -0.2) is 9.59 Å². The fourth-order valence-corrected chi connectivity index (χ4v) is 2.90. The van der Waals surface area contributed by atoms with Gasteiger partial charge in [-0.05, 0) is 65.9 Å². The van der Waals surface area contributed by atoms with E-state index in [1.807, 2.05) is 0 Å². The maximum absolute atomic E-state index is 12.5. The van der Waals surface area contributed by atoms with Crippen molar-refractivity contribution >= 4 is 23.8 Å². The van der Waals surface area contributed by atoms with Gasteiger partial charge in [-0.2, -0.15) is 11.8 Å². The van der Waals surface area contributed by atoms with E-state index >= 15 is 0 Å². The summed E-state index contributed by atoms with van der Waals surface area (Å²) in [5.41, 5.74) is -1.38. The summed E-state index contributed by atoms with van der Waals surface area (Å²) >= 11 is 1.49. The maximum Gasteiger partial charge on any atom is 0.411 e. The number of alkyl halides is 1. The highest BCUT2D eigenvalue weighted by Gasteiger charge is 2.39. The van der Waals surface area contributed by atoms with Crippen LogP contribution in [0, 0.1) is 0 Å². The summed E-state index contributed by atoms with van der Waals surface area (Å²) in [6.07, 6.45) is 0.117. The Hall–Kier alpha value is -0.980. The first kappa shape index (κ1) is 22.0. The first-order chi connectivity index (χ1) is 10.4. The molecule has 0 heterocycles. The molecule has 1 amide bonds. The van der Waals surface area contributed by atoms with Crippen LogP contribution in [0.4, 0.5) is 9.18 Å². The number of amides is 1. The summed E-state index contributed by atoms with van der Waals surface area (Å²) < 4.78 is 17.4. The van der Waals surface area contributed by atoms with Crippen LogP contribution in [0.3, 0.4) is 0 Å². The number of hydrogen-bond donors (Lipinski definition) is 1. The molecule has 0 aromatic carbocycles. The number of rotatable bonds is 8. The minimum absolute atomic E-state index is 0.294. The molecule has 7 heteroatoms. The zero-order valence-corrected chi connectivity index (χ0v) is 15.8. The summed E-state index contributed by atoms with van der Waals surface area (Å²) in [6.45, 7) is 10.2. The second-order valence-electron chi connectivity index (χ2n) is 7.32. The van der Waals surface area contributed by atoms with Crippen LogP contribution in [0.1, 0.15) is 54.4 Å². The number of aliphatic carboxylic acids is 1. The molecule has 136 valence electrons. The van der Waals surface area contributed by atoms with Gasteiger partial charge in [0, 0.05) is 5.54 Å². The Morgan fingerprint density at radius 1 is 1.17 bits per heavy atom. The van der Waals surface area contributed by atoms with Crippen molar-refractivity contribution in [3.8, 4) is 0 Å². The van der Waals surface area contributed by atoms with Crippen molar-refractivity contribution in [2.45, 2.75) is 71.6 Å². The molecule has 0 unspecified atom stereocenters. The fraction of sp³-hybridized carbons (Fsp3) is 0.875. The Kier molecular flexibility index (Phi) is 8.95. The number of carbonyl (C=O) groups excluding carboxylic acids is 1. The zero-order valence-electron chi connectivity index (χ0n) is 15.0. The molecule has 1 atom stereocenters. The van der Waals surface area contributed by atoms with Crippen molar-refractivity contribution in [1.29, 1.82) is 0 Å². The lowest BCUT2D eigenvalue weighted by Crippen LogP contribution is -2.56. The maximum atomic E-state index is 12.5. The van der Waals surface area contributed by atoms with Gasteiger partial charge in [-0.15, -0.1) is 0 Å². The summed E-state index contributed by atoms with van der Waals surface area (Å²) in [5.74, 6) is 0.133. The molecule has 0 spiro atoms. The second-order valence-corrected chi connectivity index (χ2v) is 8.54. The molecule has 0 aliphatic heterocycles. The molecule has 0 saturated carbocycles. The fourth-order valence-electron chi connectivity index (χ4n) is 2.00. The normalized spacial score (nSPS) is 13.5. The average Bonchev–Trinajstić information content (AvgIpc) is 2.32. The Morgan fingerprint density at radius 3 is 2.13 bits per heavy atom. The molecule has 0 rings (SSSR count). The Bertz CT molecular complexity index is 391. The minimum atomic E-state index is -1.06. The second kappa shape index (κ2) is 9.35. The molecule has 1 N–H and O–H groups in total. The third kappa shape index (κ3) is 9.03. The standard InChI is InChI=1S/C16H30FNO4S/c1-15(2,3)18(14(21)22-16(4,5)6)12(13(19)20)8-11-23-10-7-9-17/h12H,7-11H2,1-6H3,(H,19,20)/t12-/m0/s1. The van der Waals surface area contributed by atoms with E-state index in [9.17, 15) is 19.1 Å². The van der Waals surface area contributed by atoms with Gasteiger partial charge in [-0.3, -0.25) is 9.29 Å². The molecular weight excluding hydrogens is 321 g/mol. The molecule has 0 aromatic rings. The van der Waals surface area contributed by atoms with Crippen molar-refractivity contribution in [3.63, 3.8) is 0 Å². The summed E-state index contributed by atoms with van der Waals surface area (Å²) in [6, 6.07) is -0.970. The van der Waals surface area contributed by atoms with Gasteiger partial charge >= 0.3 is 12.1 Å². The Labute approximate surface area is 142 Å². The highest BCUT2D eigenvalue weighted by molar-refractivity contribution is 7.99. The smallest absolute Gasteiger partial charge is 0.411 e. The summed E-state index contributed by atoms with van der Waals surface area (Å²) in [7, 11) is 0. The lowest BCUT2D eigenvalue weighted by atomic mass is 10.0. The van der Waals surface area contributed by atoms with Gasteiger partial charge in [0.25, 0.3) is 0 Å². The van der Waals surface area contributed by atoms with Gasteiger partial charge in [0.1, 0.15) is 11.6 Å². The average molecular weight is 351 g/mol. The SMILES string of the molecule is CC(C)(C)OC(=O)N([C@@H](CCSCCCF)C(=O)O)C(C)(C)C. The molecule has 23 heavy (non-hydrogen) atoms. The van der Waals surface area contributed by atoms with E-state index in [4.69, 9.17) is 4.74 Å². The van der Waals surface area contributed by atoms with Gasteiger partial charge < -0.3 is 9.84 Å². The van der Waals surface area contributed by atoms with Crippen LogP contribution < -0.4 is 0 Å². The van der Waals surface area contributed by atoms with Crippen LogP contribution in [-0.4, -0.2) is 57.4 Å². The van der Waals surface area contributed by atoms with Gasteiger partial charge in [0.15, 0.2) is 0 Å². The van der Waals surface area contributed by atoms with Crippen LogP contribution >= 0.6 is 11.8 Å². The molecule has 0 aliphatic rings. The number of hydrogen-bond acceptors (Lipinski definition) is 4. The quantitative estimate of drug-likeness (QED) is 0.671. The van der Waals surface area contributed by atoms with Gasteiger partial charge in [0.05, 0.1) is 6.67 Å². The molecule has 0 bridgehead atoms. The van der Waals surface area contributed by atoms with E-state index in [2.05, 4.69) is 0 Å². The number of halogens is 1. The predicted molar refractivity (Wildman–Crippen MR) is 91.8 cm³/mol. The highest BCUT2D eigenvalue weighted by Crippen LogP contribution is 2.24. The van der Waals surface area contributed by atoms with E-state index < -0.39 is 29.2 Å². The van der Waals surface area contributed by atoms with Crippen LogP contribution in [-0.2, 0) is 9.53 Å². The number of carboxylic acid groups (broad SMARTS) is 1. The van der Waals surface area contributed by atoms with Gasteiger partial charge in [-0.1, -0.05) is 0 Å². The number of carboxylic acids is 1. The number of nitrogens with zero attached hydrogens (tertiary/aromatic N) is 1. The van der Waals surface area contributed by atoms with E-state index in [0.29, 0.717) is 24.3 Å². The lowest BCUT2D eigenvalue weighted by molar-refractivity contribution is -0.145. The minimum Gasteiger partial charge on any atom is -0.480 e. The Balaban J connectivity index is 5.06. The van der Waals surface area contributed by atoms with Crippen molar-refractivity contribution in [2.75, 3.05) is 18.2 Å². The molecule has 0 saturated heterocycles. The van der Waals surface area contributed by atoms with Crippen molar-refractivity contribution in [2.24, 2.45) is 0 Å². The van der Waals surface area contributed by atoms with Crippen molar-refractivity contribution in [3.05, 3.63) is 0 Å².